The first kappa shape index (κ1) is 46.7. The summed E-state index contributed by atoms with van der Waals surface area (Å²) < 4.78 is 20.0. The largest absolute Gasteiger partial charge is 0.466 e. The van der Waals surface area contributed by atoms with Gasteiger partial charge in [0.15, 0.2) is 17.0 Å². The summed E-state index contributed by atoms with van der Waals surface area (Å²) in [4.78, 5) is 109. The number of esters is 4. The van der Waals surface area contributed by atoms with Crippen LogP contribution in [-0.2, 0) is 54.3 Å². The first-order chi connectivity index (χ1) is 28.2. The van der Waals surface area contributed by atoms with Gasteiger partial charge in [0.05, 0.1) is 44.9 Å². The monoisotopic (exact) mass is 824 g/mol. The van der Waals surface area contributed by atoms with Gasteiger partial charge in [0.2, 0.25) is 17.8 Å². The third kappa shape index (κ3) is 15.0. The lowest BCUT2D eigenvalue weighted by Gasteiger charge is -2.23. The molecule has 3 aromatic rings. The minimum absolute atomic E-state index is 0.0112. The number of nitrogens with one attached hydrogen (secondary N) is 3. The predicted molar refractivity (Wildman–Crippen MR) is 212 cm³/mol. The summed E-state index contributed by atoms with van der Waals surface area (Å²) in [6, 6.07) is 2.51. The van der Waals surface area contributed by atoms with Gasteiger partial charge in [0.25, 0.3) is 5.91 Å². The van der Waals surface area contributed by atoms with Crippen LogP contribution in [0.4, 0.5) is 17.5 Å². The Labute approximate surface area is 340 Å². The molecule has 0 aliphatic carbocycles. The van der Waals surface area contributed by atoms with Gasteiger partial charge in [0, 0.05) is 37.6 Å². The van der Waals surface area contributed by atoms with Crippen molar-refractivity contribution >= 4 is 70.2 Å². The van der Waals surface area contributed by atoms with Crippen LogP contribution in [0.3, 0.4) is 0 Å². The number of fused-ring (bicyclic) bond motifs is 1. The number of amides is 3. The third-order valence-corrected chi connectivity index (χ3v) is 8.43. The van der Waals surface area contributed by atoms with Crippen molar-refractivity contribution in [3.05, 3.63) is 41.7 Å². The van der Waals surface area contributed by atoms with Gasteiger partial charge < -0.3 is 51.3 Å². The van der Waals surface area contributed by atoms with Crippen molar-refractivity contribution in [1.82, 2.24) is 35.9 Å². The van der Waals surface area contributed by atoms with E-state index in [1.807, 2.05) is 4.90 Å². The molecule has 21 nitrogen and oxygen atoms in total. The third-order valence-electron chi connectivity index (χ3n) is 8.43. The first-order valence-corrected chi connectivity index (χ1v) is 19.1. The quantitative estimate of drug-likeness (QED) is 0.0655. The van der Waals surface area contributed by atoms with E-state index in [1.54, 1.807) is 46.9 Å². The second-order valence-corrected chi connectivity index (χ2v) is 12.8. The Bertz CT molecular complexity index is 1950. The van der Waals surface area contributed by atoms with Gasteiger partial charge in [-0.1, -0.05) is 0 Å². The average molecular weight is 825 g/mol. The molecule has 21 heteroatoms. The predicted octanol–water partition coefficient (Wildman–Crippen LogP) is 0.882. The van der Waals surface area contributed by atoms with Crippen LogP contribution in [0.5, 0.6) is 0 Å². The standard InChI is InChI=1S/C38H52N10O11/c1-6-56-29(50)18-15-26(36(54)58-8-3)43-28(49)17-14-25(35(53)45-27(37(55)59-9-4)16-19-30(51)57-7-2)44-34(52)22-10-12-24(13-11-22)48(5)21-23-20-41-33-31(42-23)32(39)46-38(40)47-33/h10-13,20,25-27H,6-9,14-19,21H2,1-5H3,(H,43,49)(H,44,52)(H,45,53)(H4,39,40,41,46,47)/t25-,26+,27+/m1/s1. The Morgan fingerprint density at radius 1 is 0.678 bits per heavy atom. The summed E-state index contributed by atoms with van der Waals surface area (Å²) in [5, 5.41) is 7.68. The Morgan fingerprint density at radius 2 is 1.22 bits per heavy atom. The summed E-state index contributed by atoms with van der Waals surface area (Å²) in [6.07, 6.45) is 0.193. The molecule has 59 heavy (non-hydrogen) atoms. The highest BCUT2D eigenvalue weighted by atomic mass is 16.5. The van der Waals surface area contributed by atoms with Crippen LogP contribution in [-0.4, -0.2) is 113 Å². The normalized spacial score (nSPS) is 12.3. The zero-order valence-electron chi connectivity index (χ0n) is 33.8. The van der Waals surface area contributed by atoms with Crippen LogP contribution in [0.1, 0.15) is 82.3 Å². The van der Waals surface area contributed by atoms with Gasteiger partial charge in [-0.25, -0.2) is 19.6 Å². The molecule has 0 aliphatic heterocycles. The minimum atomic E-state index is -1.39. The number of hydrogen-bond acceptors (Lipinski definition) is 18. The van der Waals surface area contributed by atoms with Crippen LogP contribution in [0.15, 0.2) is 30.5 Å². The Hall–Kier alpha value is -6.67. The van der Waals surface area contributed by atoms with Gasteiger partial charge in [-0.2, -0.15) is 9.97 Å². The number of anilines is 3. The van der Waals surface area contributed by atoms with Crippen molar-refractivity contribution in [2.24, 2.45) is 0 Å². The van der Waals surface area contributed by atoms with Crippen molar-refractivity contribution in [2.45, 2.75) is 90.9 Å². The SMILES string of the molecule is CCOC(=O)CC[C@H](NC(=O)CC[C@@H](NC(=O)c1ccc(N(C)Cc2cnc3nc(N)nc(N)c3n2)cc1)C(=O)N[C@@H](CCC(=O)OCC)C(=O)OCC)C(=O)OCC. The molecule has 7 N–H and O–H groups in total. The van der Waals surface area contributed by atoms with Crippen molar-refractivity contribution < 1.29 is 52.5 Å². The molecule has 0 saturated carbocycles. The number of carbonyl (C=O) groups excluding carboxylic acids is 7. The lowest BCUT2D eigenvalue weighted by molar-refractivity contribution is -0.149. The van der Waals surface area contributed by atoms with E-state index < -0.39 is 59.7 Å². The number of nitrogens with zero attached hydrogens (tertiary/aromatic N) is 5. The molecule has 0 aliphatic rings. The van der Waals surface area contributed by atoms with Crippen molar-refractivity contribution in [3.8, 4) is 0 Å². The summed E-state index contributed by atoms with van der Waals surface area (Å²) in [5.41, 5.74) is 13.6. The maximum absolute atomic E-state index is 13.8. The number of carbonyl (C=O) groups is 7. The fourth-order valence-corrected chi connectivity index (χ4v) is 5.56. The Balaban J connectivity index is 1.79. The molecule has 0 spiro atoms. The average Bonchev–Trinajstić information content (AvgIpc) is 3.20. The number of aromatic nitrogens is 4. The van der Waals surface area contributed by atoms with Gasteiger partial charge in [-0.15, -0.1) is 0 Å². The number of hydrogen-bond donors (Lipinski definition) is 5. The van der Waals surface area contributed by atoms with Crippen LogP contribution in [0, 0.1) is 0 Å². The van der Waals surface area contributed by atoms with Crippen LogP contribution >= 0.6 is 0 Å². The van der Waals surface area contributed by atoms with E-state index in [0.717, 1.165) is 0 Å². The molecule has 1 aromatic carbocycles. The molecule has 2 aromatic heterocycles. The highest BCUT2D eigenvalue weighted by Gasteiger charge is 2.30. The number of benzene rings is 1. The lowest BCUT2D eigenvalue weighted by Crippen LogP contribution is -2.52. The summed E-state index contributed by atoms with van der Waals surface area (Å²) in [7, 11) is 1.79. The molecule has 0 bridgehead atoms. The number of rotatable bonds is 23. The Morgan fingerprint density at radius 3 is 1.78 bits per heavy atom. The van der Waals surface area contributed by atoms with E-state index in [9.17, 15) is 33.6 Å². The molecular formula is C38H52N10O11. The highest BCUT2D eigenvalue weighted by Crippen LogP contribution is 2.19. The molecule has 3 rings (SSSR count). The summed E-state index contributed by atoms with van der Waals surface area (Å²) in [5.74, 6) is -4.91. The summed E-state index contributed by atoms with van der Waals surface area (Å²) in [6.45, 7) is 6.97. The Kier molecular flexibility index (Phi) is 18.6. The first-order valence-electron chi connectivity index (χ1n) is 19.1. The van der Waals surface area contributed by atoms with Crippen LogP contribution in [0.25, 0.3) is 11.2 Å². The van der Waals surface area contributed by atoms with Crippen molar-refractivity contribution in [1.29, 1.82) is 0 Å². The molecule has 320 valence electrons. The van der Waals surface area contributed by atoms with E-state index in [2.05, 4.69) is 35.9 Å². The minimum Gasteiger partial charge on any atom is -0.466 e. The maximum Gasteiger partial charge on any atom is 0.328 e. The zero-order chi connectivity index (χ0) is 43.5. The number of ether oxygens (including phenoxy) is 4. The van der Waals surface area contributed by atoms with E-state index in [-0.39, 0.29) is 87.9 Å². The summed E-state index contributed by atoms with van der Waals surface area (Å²) >= 11 is 0. The fourth-order valence-electron chi connectivity index (χ4n) is 5.56. The number of nitrogens with two attached hydrogens (primary N) is 2. The van der Waals surface area contributed by atoms with Crippen LogP contribution in [0.2, 0.25) is 0 Å². The maximum atomic E-state index is 13.8. The second kappa shape index (κ2) is 23.5. The van der Waals surface area contributed by atoms with Gasteiger partial charge >= 0.3 is 23.9 Å². The van der Waals surface area contributed by atoms with E-state index in [1.165, 1.54) is 18.3 Å². The molecule has 3 amide bonds. The van der Waals surface area contributed by atoms with Crippen molar-refractivity contribution in [2.75, 3.05) is 49.8 Å². The zero-order valence-corrected chi connectivity index (χ0v) is 33.8. The van der Waals surface area contributed by atoms with Gasteiger partial charge in [-0.3, -0.25) is 24.0 Å². The molecular weight excluding hydrogens is 772 g/mol. The van der Waals surface area contributed by atoms with Crippen LogP contribution < -0.4 is 32.3 Å². The topological polar surface area (TPSA) is 299 Å². The number of nitrogen functional groups attached to an aromatic ring is 2. The molecule has 0 fully saturated rings. The van der Waals surface area contributed by atoms with E-state index in [0.29, 0.717) is 23.4 Å². The van der Waals surface area contributed by atoms with E-state index in [4.69, 9.17) is 30.4 Å². The molecule has 0 saturated heterocycles. The van der Waals surface area contributed by atoms with Crippen molar-refractivity contribution in [3.63, 3.8) is 0 Å². The molecule has 2 heterocycles. The fraction of sp³-hybridized carbons (Fsp3) is 0.500. The van der Waals surface area contributed by atoms with E-state index >= 15 is 0 Å². The molecule has 0 radical (unpaired) electrons. The lowest BCUT2D eigenvalue weighted by atomic mass is 10.1. The van der Waals surface area contributed by atoms with Gasteiger partial charge in [0.1, 0.15) is 18.1 Å². The van der Waals surface area contributed by atoms with Gasteiger partial charge in [-0.05, 0) is 71.2 Å². The molecule has 3 atom stereocenters. The second-order valence-electron chi connectivity index (χ2n) is 12.8. The smallest absolute Gasteiger partial charge is 0.328 e. The highest BCUT2D eigenvalue weighted by molar-refractivity contribution is 5.98. The molecule has 0 unspecified atom stereocenters.